The van der Waals surface area contributed by atoms with E-state index in [4.69, 9.17) is 21.1 Å². The number of rotatable bonds is 5. The molecule has 6 heteroatoms. The topological polar surface area (TPSA) is 50.8 Å². The summed E-state index contributed by atoms with van der Waals surface area (Å²) in [4.78, 5) is 14.2. The average Bonchev–Trinajstić information content (AvgIpc) is 2.97. The van der Waals surface area contributed by atoms with Gasteiger partial charge in [0.1, 0.15) is 11.4 Å². The molecule has 0 aromatic heterocycles. The Morgan fingerprint density at radius 1 is 1.35 bits per heavy atom. The molecule has 148 valence electrons. The standard InChI is InChI=1S/C18H27ClN2O3.C2H6/c1-5-23-16-7-6-14(19)10-13(16)11-21-9-8-15(12-21)20-17(22)24-18(2,3)4;1-2/h6-7,10,15H,5,8-9,11-12H2,1-4H3,(H,20,22);1-2H3. The number of hydrogen-bond acceptors (Lipinski definition) is 4. The van der Waals surface area contributed by atoms with Crippen LogP contribution in [0.15, 0.2) is 18.2 Å². The van der Waals surface area contributed by atoms with E-state index in [1.807, 2.05) is 59.7 Å². The highest BCUT2D eigenvalue weighted by molar-refractivity contribution is 6.30. The number of halogens is 1. The molecule has 1 aliphatic heterocycles. The summed E-state index contributed by atoms with van der Waals surface area (Å²) in [5.74, 6) is 0.866. The first-order valence-corrected chi connectivity index (χ1v) is 9.77. The van der Waals surface area contributed by atoms with Gasteiger partial charge in [0.2, 0.25) is 0 Å². The van der Waals surface area contributed by atoms with Crippen molar-refractivity contribution in [2.45, 2.75) is 66.2 Å². The van der Waals surface area contributed by atoms with E-state index in [-0.39, 0.29) is 12.1 Å². The smallest absolute Gasteiger partial charge is 0.407 e. The van der Waals surface area contributed by atoms with Gasteiger partial charge in [0, 0.05) is 36.3 Å². The number of nitrogens with one attached hydrogen (secondary N) is 1. The van der Waals surface area contributed by atoms with Gasteiger partial charge in [0.25, 0.3) is 0 Å². The van der Waals surface area contributed by atoms with Crippen LogP contribution in [0, 0.1) is 0 Å². The number of benzene rings is 1. The Kier molecular flexibility index (Phi) is 9.23. The molecule has 1 unspecified atom stereocenters. The predicted molar refractivity (Wildman–Crippen MR) is 107 cm³/mol. The van der Waals surface area contributed by atoms with Crippen molar-refractivity contribution in [1.29, 1.82) is 0 Å². The summed E-state index contributed by atoms with van der Waals surface area (Å²) in [5.41, 5.74) is 0.595. The molecular formula is C20H33ClN2O3. The summed E-state index contributed by atoms with van der Waals surface area (Å²) in [6, 6.07) is 5.80. The molecule has 1 aromatic rings. The molecule has 1 atom stereocenters. The van der Waals surface area contributed by atoms with Crippen LogP contribution in [0.25, 0.3) is 0 Å². The van der Waals surface area contributed by atoms with E-state index < -0.39 is 5.60 Å². The quantitative estimate of drug-likeness (QED) is 0.787. The minimum atomic E-state index is -0.477. The summed E-state index contributed by atoms with van der Waals surface area (Å²) in [5, 5.41) is 3.65. The van der Waals surface area contributed by atoms with Crippen LogP contribution in [0.4, 0.5) is 4.79 Å². The lowest BCUT2D eigenvalue weighted by atomic mass is 10.2. The second kappa shape index (κ2) is 10.6. The Morgan fingerprint density at radius 3 is 2.65 bits per heavy atom. The molecular weight excluding hydrogens is 352 g/mol. The van der Waals surface area contributed by atoms with Crippen LogP contribution in [0.3, 0.4) is 0 Å². The third-order valence-electron chi connectivity index (χ3n) is 3.71. The fourth-order valence-corrected chi connectivity index (χ4v) is 2.97. The molecule has 1 aliphatic rings. The number of nitrogens with zero attached hydrogens (tertiary/aromatic N) is 1. The Bertz CT molecular complexity index is 573. The normalized spacial score (nSPS) is 17.3. The summed E-state index contributed by atoms with van der Waals surface area (Å²) in [7, 11) is 0. The van der Waals surface area contributed by atoms with Gasteiger partial charge >= 0.3 is 6.09 Å². The maximum Gasteiger partial charge on any atom is 0.407 e. The fraction of sp³-hybridized carbons (Fsp3) is 0.650. The highest BCUT2D eigenvalue weighted by atomic mass is 35.5. The van der Waals surface area contributed by atoms with Gasteiger partial charge in [-0.2, -0.15) is 0 Å². The van der Waals surface area contributed by atoms with Crippen LogP contribution in [-0.2, 0) is 11.3 Å². The number of alkyl carbamates (subject to hydrolysis) is 1. The van der Waals surface area contributed by atoms with Gasteiger partial charge in [-0.1, -0.05) is 25.4 Å². The molecule has 1 fully saturated rings. The average molecular weight is 385 g/mol. The van der Waals surface area contributed by atoms with Crippen LogP contribution in [0.1, 0.15) is 53.5 Å². The Labute approximate surface area is 163 Å². The summed E-state index contributed by atoms with van der Waals surface area (Å²) < 4.78 is 11.0. The van der Waals surface area contributed by atoms with Crippen molar-refractivity contribution in [1.82, 2.24) is 10.2 Å². The van der Waals surface area contributed by atoms with Crippen LogP contribution in [-0.4, -0.2) is 42.3 Å². The van der Waals surface area contributed by atoms with E-state index in [9.17, 15) is 4.79 Å². The molecule has 1 N–H and O–H groups in total. The van der Waals surface area contributed by atoms with Gasteiger partial charge in [-0.05, 0) is 52.3 Å². The van der Waals surface area contributed by atoms with Crippen molar-refractivity contribution in [3.05, 3.63) is 28.8 Å². The van der Waals surface area contributed by atoms with Crippen LogP contribution in [0.5, 0.6) is 5.75 Å². The van der Waals surface area contributed by atoms with E-state index >= 15 is 0 Å². The maximum atomic E-state index is 11.9. The van der Waals surface area contributed by atoms with Gasteiger partial charge in [0.05, 0.1) is 6.61 Å². The molecule has 1 amide bonds. The van der Waals surface area contributed by atoms with Crippen molar-refractivity contribution in [3.8, 4) is 5.75 Å². The third kappa shape index (κ3) is 7.83. The molecule has 5 nitrogen and oxygen atoms in total. The minimum absolute atomic E-state index is 0.106. The van der Waals surface area contributed by atoms with Crippen LogP contribution < -0.4 is 10.1 Å². The first-order chi connectivity index (χ1) is 12.3. The summed E-state index contributed by atoms with van der Waals surface area (Å²) >= 11 is 6.11. The number of ether oxygens (including phenoxy) is 2. The molecule has 0 saturated carbocycles. The Hall–Kier alpha value is -1.46. The molecule has 0 bridgehead atoms. The van der Waals surface area contributed by atoms with Crippen molar-refractivity contribution in [2.24, 2.45) is 0 Å². The first kappa shape index (κ1) is 22.6. The van der Waals surface area contributed by atoms with Gasteiger partial charge in [-0.25, -0.2) is 4.79 Å². The molecule has 0 spiro atoms. The molecule has 1 aromatic carbocycles. The fourth-order valence-electron chi connectivity index (χ4n) is 2.78. The highest BCUT2D eigenvalue weighted by Crippen LogP contribution is 2.26. The monoisotopic (exact) mass is 384 g/mol. The number of hydrogen-bond donors (Lipinski definition) is 1. The van der Waals surface area contributed by atoms with Crippen molar-refractivity contribution < 1.29 is 14.3 Å². The highest BCUT2D eigenvalue weighted by Gasteiger charge is 2.26. The van der Waals surface area contributed by atoms with E-state index in [0.717, 1.165) is 37.4 Å². The molecule has 0 radical (unpaired) electrons. The first-order valence-electron chi connectivity index (χ1n) is 9.40. The summed E-state index contributed by atoms with van der Waals surface area (Å²) in [6.07, 6.45) is 0.552. The van der Waals surface area contributed by atoms with E-state index in [0.29, 0.717) is 11.6 Å². The second-order valence-corrected chi connectivity index (χ2v) is 7.49. The van der Waals surface area contributed by atoms with Gasteiger partial charge in [0.15, 0.2) is 0 Å². The van der Waals surface area contributed by atoms with Crippen LogP contribution >= 0.6 is 11.6 Å². The summed E-state index contributed by atoms with van der Waals surface area (Å²) in [6.45, 7) is 14.6. The number of carbonyl (C=O) groups excluding carboxylic acids is 1. The molecule has 1 heterocycles. The minimum Gasteiger partial charge on any atom is -0.494 e. The lowest BCUT2D eigenvalue weighted by Crippen LogP contribution is -2.40. The zero-order chi connectivity index (χ0) is 19.7. The second-order valence-electron chi connectivity index (χ2n) is 7.05. The molecule has 1 saturated heterocycles. The Balaban J connectivity index is 0.00000163. The van der Waals surface area contributed by atoms with Crippen molar-refractivity contribution in [3.63, 3.8) is 0 Å². The zero-order valence-electron chi connectivity index (χ0n) is 16.9. The number of amides is 1. The predicted octanol–water partition coefficient (Wildman–Crippen LogP) is 4.86. The van der Waals surface area contributed by atoms with Gasteiger partial charge in [-0.3, -0.25) is 4.90 Å². The maximum absolute atomic E-state index is 11.9. The largest absolute Gasteiger partial charge is 0.494 e. The van der Waals surface area contributed by atoms with E-state index in [1.54, 1.807) is 0 Å². The lowest BCUT2D eigenvalue weighted by Gasteiger charge is -2.22. The Morgan fingerprint density at radius 2 is 2.04 bits per heavy atom. The zero-order valence-corrected chi connectivity index (χ0v) is 17.7. The van der Waals surface area contributed by atoms with Crippen molar-refractivity contribution in [2.75, 3.05) is 19.7 Å². The van der Waals surface area contributed by atoms with Crippen LogP contribution in [0.2, 0.25) is 5.02 Å². The van der Waals surface area contributed by atoms with Gasteiger partial charge < -0.3 is 14.8 Å². The third-order valence-corrected chi connectivity index (χ3v) is 3.94. The number of likely N-dealkylation sites (tertiary alicyclic amines) is 1. The van der Waals surface area contributed by atoms with E-state index in [2.05, 4.69) is 10.2 Å². The van der Waals surface area contributed by atoms with E-state index in [1.165, 1.54) is 0 Å². The number of carbonyl (C=O) groups is 1. The molecule has 2 rings (SSSR count). The van der Waals surface area contributed by atoms with Gasteiger partial charge in [-0.15, -0.1) is 0 Å². The van der Waals surface area contributed by atoms with Crippen molar-refractivity contribution >= 4 is 17.7 Å². The lowest BCUT2D eigenvalue weighted by molar-refractivity contribution is 0.0505. The SMILES string of the molecule is CC.CCOc1ccc(Cl)cc1CN1CCC(NC(=O)OC(C)(C)C)C1. The molecule has 0 aliphatic carbocycles. The molecule has 26 heavy (non-hydrogen) atoms.